The molecule has 24 heavy (non-hydrogen) atoms. The first kappa shape index (κ1) is 17.2. The Kier molecular flexibility index (Phi) is 5.37. The minimum absolute atomic E-state index is 0.313. The molecule has 0 saturated heterocycles. The summed E-state index contributed by atoms with van der Waals surface area (Å²) in [7, 11) is 2.09. The summed E-state index contributed by atoms with van der Waals surface area (Å²) in [6.07, 6.45) is 11.6. The number of hydrogen-bond acceptors (Lipinski definition) is 2. The predicted molar refractivity (Wildman–Crippen MR) is 100 cm³/mol. The van der Waals surface area contributed by atoms with E-state index in [0.29, 0.717) is 24.2 Å². The van der Waals surface area contributed by atoms with Gasteiger partial charge in [0.05, 0.1) is 12.0 Å². The van der Waals surface area contributed by atoms with Crippen LogP contribution in [0.3, 0.4) is 0 Å². The van der Waals surface area contributed by atoms with Gasteiger partial charge in [0.15, 0.2) is 5.78 Å². The fourth-order valence-corrected chi connectivity index (χ4v) is 3.73. The molecular formula is C21H30N2O. The van der Waals surface area contributed by atoms with Crippen molar-refractivity contribution in [3.8, 4) is 0 Å². The molecule has 0 aromatic heterocycles. The molecule has 0 N–H and O–H groups in total. The van der Waals surface area contributed by atoms with E-state index in [0.717, 1.165) is 22.4 Å². The number of hydrogen-bond donors (Lipinski definition) is 0. The van der Waals surface area contributed by atoms with Gasteiger partial charge in [-0.25, -0.2) is 4.99 Å². The molecule has 3 nitrogen and oxygen atoms in total. The van der Waals surface area contributed by atoms with Crippen LogP contribution in [0.4, 0.5) is 5.69 Å². The van der Waals surface area contributed by atoms with Crippen LogP contribution in [0, 0.1) is 19.8 Å². The molecular weight excluding hydrogens is 296 g/mol. The average molecular weight is 326 g/mol. The Labute approximate surface area is 146 Å². The first-order valence-electron chi connectivity index (χ1n) is 9.45. The largest absolute Gasteiger partial charge is 0.363 e. The molecule has 130 valence electrons. The Bertz CT molecular complexity index is 625. The van der Waals surface area contributed by atoms with Gasteiger partial charge in [0.2, 0.25) is 0 Å². The SMILES string of the molecule is Cc1cc(C(=O)CC2CCCCC2)c(C)cc1N=CN(C)C1CC1. The second-order valence-electron chi connectivity index (χ2n) is 7.73. The molecule has 0 unspecified atom stereocenters. The number of Topliss-reactive ketones (excluding diaryl/α,β-unsaturated/α-hetero) is 1. The monoisotopic (exact) mass is 326 g/mol. The minimum atomic E-state index is 0.313. The number of carbonyl (C=O) groups is 1. The van der Waals surface area contributed by atoms with Gasteiger partial charge in [0.1, 0.15) is 0 Å². The highest BCUT2D eigenvalue weighted by atomic mass is 16.1. The van der Waals surface area contributed by atoms with Gasteiger partial charge in [-0.1, -0.05) is 32.1 Å². The summed E-state index contributed by atoms with van der Waals surface area (Å²) in [4.78, 5) is 19.5. The number of nitrogens with zero attached hydrogens (tertiary/aromatic N) is 2. The number of benzene rings is 1. The van der Waals surface area contributed by atoms with E-state index in [1.807, 2.05) is 19.3 Å². The van der Waals surface area contributed by atoms with Crippen LogP contribution in [0.2, 0.25) is 0 Å². The maximum Gasteiger partial charge on any atom is 0.163 e. The van der Waals surface area contributed by atoms with Gasteiger partial charge in [-0.05, 0) is 55.9 Å². The Balaban J connectivity index is 1.69. The lowest BCUT2D eigenvalue weighted by Crippen LogP contribution is -2.17. The quantitative estimate of drug-likeness (QED) is 0.408. The first-order valence-corrected chi connectivity index (χ1v) is 9.45. The molecule has 3 heteroatoms. The van der Waals surface area contributed by atoms with Crippen LogP contribution < -0.4 is 0 Å². The number of aryl methyl sites for hydroxylation is 2. The third-order valence-electron chi connectivity index (χ3n) is 5.54. The van der Waals surface area contributed by atoms with Crippen molar-refractivity contribution < 1.29 is 4.79 Å². The smallest absolute Gasteiger partial charge is 0.163 e. The summed E-state index contributed by atoms with van der Waals surface area (Å²) in [5.41, 5.74) is 4.03. The van der Waals surface area contributed by atoms with E-state index in [1.165, 1.54) is 44.9 Å². The molecule has 1 aromatic rings. The molecule has 2 saturated carbocycles. The number of ketones is 1. The van der Waals surface area contributed by atoms with Crippen molar-refractivity contribution in [3.63, 3.8) is 0 Å². The Hall–Kier alpha value is -1.64. The lowest BCUT2D eigenvalue weighted by molar-refractivity contribution is 0.0949. The molecule has 0 atom stereocenters. The van der Waals surface area contributed by atoms with Crippen molar-refractivity contribution in [2.75, 3.05) is 7.05 Å². The van der Waals surface area contributed by atoms with Crippen molar-refractivity contribution >= 4 is 17.8 Å². The van der Waals surface area contributed by atoms with Crippen LogP contribution in [-0.2, 0) is 0 Å². The van der Waals surface area contributed by atoms with E-state index in [4.69, 9.17) is 0 Å². The number of aliphatic imine (C=N–C) groups is 1. The highest BCUT2D eigenvalue weighted by Gasteiger charge is 2.24. The summed E-state index contributed by atoms with van der Waals surface area (Å²) < 4.78 is 0. The molecule has 0 bridgehead atoms. The molecule has 2 aliphatic rings. The predicted octanol–water partition coefficient (Wildman–Crippen LogP) is 5.21. The van der Waals surface area contributed by atoms with Gasteiger partial charge in [0.25, 0.3) is 0 Å². The topological polar surface area (TPSA) is 32.7 Å². The van der Waals surface area contributed by atoms with Gasteiger partial charge in [-0.3, -0.25) is 4.79 Å². The molecule has 2 aliphatic carbocycles. The molecule has 0 heterocycles. The van der Waals surface area contributed by atoms with Gasteiger partial charge in [-0.15, -0.1) is 0 Å². The fourth-order valence-electron chi connectivity index (χ4n) is 3.73. The zero-order valence-corrected chi connectivity index (χ0v) is 15.3. The van der Waals surface area contributed by atoms with Gasteiger partial charge < -0.3 is 4.90 Å². The zero-order valence-electron chi connectivity index (χ0n) is 15.3. The second kappa shape index (κ2) is 7.50. The standard InChI is InChI=1S/C21H30N2O/c1-15-12-20(22-14-23(3)18-9-10-18)16(2)11-19(15)21(24)13-17-7-5-4-6-8-17/h11-12,14,17-18H,4-10,13H2,1-3H3. The second-order valence-corrected chi connectivity index (χ2v) is 7.73. The van der Waals surface area contributed by atoms with Gasteiger partial charge in [-0.2, -0.15) is 0 Å². The lowest BCUT2D eigenvalue weighted by Gasteiger charge is -2.21. The van der Waals surface area contributed by atoms with Gasteiger partial charge >= 0.3 is 0 Å². The Morgan fingerprint density at radius 3 is 2.50 bits per heavy atom. The number of rotatable bonds is 6. The van der Waals surface area contributed by atoms with E-state index >= 15 is 0 Å². The van der Waals surface area contributed by atoms with E-state index in [9.17, 15) is 4.79 Å². The third-order valence-corrected chi connectivity index (χ3v) is 5.54. The summed E-state index contributed by atoms with van der Waals surface area (Å²) in [5.74, 6) is 0.906. The number of carbonyl (C=O) groups excluding carboxylic acids is 1. The lowest BCUT2D eigenvalue weighted by atomic mass is 9.84. The molecule has 0 radical (unpaired) electrons. The maximum absolute atomic E-state index is 12.7. The minimum Gasteiger partial charge on any atom is -0.363 e. The average Bonchev–Trinajstić information content (AvgIpc) is 3.41. The van der Waals surface area contributed by atoms with E-state index in [-0.39, 0.29) is 0 Å². The van der Waals surface area contributed by atoms with Crippen molar-refractivity contribution in [2.45, 2.75) is 71.3 Å². The molecule has 0 aliphatic heterocycles. The third kappa shape index (κ3) is 4.25. The van der Waals surface area contributed by atoms with Crippen LogP contribution in [-0.4, -0.2) is 30.1 Å². The van der Waals surface area contributed by atoms with Crippen molar-refractivity contribution in [3.05, 3.63) is 28.8 Å². The molecule has 1 aromatic carbocycles. The maximum atomic E-state index is 12.7. The Morgan fingerprint density at radius 1 is 1.12 bits per heavy atom. The summed E-state index contributed by atoms with van der Waals surface area (Å²) in [6, 6.07) is 4.79. The molecule has 0 amide bonds. The molecule has 3 rings (SSSR count). The zero-order chi connectivity index (χ0) is 17.1. The Morgan fingerprint density at radius 2 is 1.83 bits per heavy atom. The van der Waals surface area contributed by atoms with Crippen LogP contribution in [0.1, 0.15) is 72.9 Å². The van der Waals surface area contributed by atoms with Crippen LogP contribution in [0.5, 0.6) is 0 Å². The normalized spacial score (nSPS) is 19.0. The highest BCUT2D eigenvalue weighted by molar-refractivity contribution is 5.98. The fraction of sp³-hybridized carbons (Fsp3) is 0.619. The summed E-state index contributed by atoms with van der Waals surface area (Å²) in [6.45, 7) is 4.10. The van der Waals surface area contributed by atoms with Crippen molar-refractivity contribution in [1.82, 2.24) is 4.90 Å². The van der Waals surface area contributed by atoms with E-state index < -0.39 is 0 Å². The van der Waals surface area contributed by atoms with Crippen molar-refractivity contribution in [1.29, 1.82) is 0 Å². The molecule has 0 spiro atoms. The molecule has 2 fully saturated rings. The van der Waals surface area contributed by atoms with E-state index in [1.54, 1.807) is 0 Å². The summed E-state index contributed by atoms with van der Waals surface area (Å²) >= 11 is 0. The van der Waals surface area contributed by atoms with Crippen LogP contribution >= 0.6 is 0 Å². The van der Waals surface area contributed by atoms with Crippen LogP contribution in [0.15, 0.2) is 17.1 Å². The highest BCUT2D eigenvalue weighted by Crippen LogP contribution is 2.30. The van der Waals surface area contributed by atoms with Gasteiger partial charge in [0, 0.05) is 25.1 Å². The first-order chi connectivity index (χ1) is 11.5. The summed E-state index contributed by atoms with van der Waals surface area (Å²) in [5, 5.41) is 0. The van der Waals surface area contributed by atoms with E-state index in [2.05, 4.69) is 29.9 Å². The van der Waals surface area contributed by atoms with Crippen LogP contribution in [0.25, 0.3) is 0 Å². The van der Waals surface area contributed by atoms with Crippen molar-refractivity contribution in [2.24, 2.45) is 10.9 Å².